The van der Waals surface area contributed by atoms with Gasteiger partial charge in [-0.15, -0.1) is 0 Å². The van der Waals surface area contributed by atoms with Gasteiger partial charge < -0.3 is 0 Å². The van der Waals surface area contributed by atoms with Gasteiger partial charge in [-0.1, -0.05) is 69.2 Å². The van der Waals surface area contributed by atoms with Crippen molar-refractivity contribution in [1.82, 2.24) is 0 Å². The molecule has 0 aliphatic heterocycles. The molecule has 0 heteroatoms. The Morgan fingerprint density at radius 2 is 1.29 bits per heavy atom. The van der Waals surface area contributed by atoms with Crippen LogP contribution in [0.2, 0.25) is 0 Å². The minimum atomic E-state index is 0.397. The van der Waals surface area contributed by atoms with Crippen LogP contribution in [0.4, 0.5) is 0 Å². The van der Waals surface area contributed by atoms with E-state index in [1.165, 1.54) is 0 Å². The summed E-state index contributed by atoms with van der Waals surface area (Å²) < 4.78 is 0. The van der Waals surface area contributed by atoms with Crippen molar-refractivity contribution in [3.63, 3.8) is 0 Å². The maximum absolute atomic E-state index is 2.55. The van der Waals surface area contributed by atoms with Gasteiger partial charge in [0.1, 0.15) is 0 Å². The lowest BCUT2D eigenvalue weighted by Crippen LogP contribution is -2.46. The Bertz CT molecular complexity index is 284. The fourth-order valence-electron chi connectivity index (χ4n) is 4.49. The molecule has 0 aromatic rings. The molecule has 17 heavy (non-hydrogen) atoms. The van der Waals surface area contributed by atoms with E-state index in [1.807, 2.05) is 0 Å². The second kappa shape index (κ2) is 4.00. The molecule has 0 aromatic carbocycles. The average molecular weight is 238 g/mol. The minimum Gasteiger partial charge on any atom is -0.0622 e. The Balaban J connectivity index is 3.30. The second-order valence-electron chi connectivity index (χ2n) is 8.28. The molecule has 0 saturated heterocycles. The normalized spacial score (nSPS) is 42.2. The van der Waals surface area contributed by atoms with Crippen LogP contribution in [0.1, 0.15) is 69.2 Å². The van der Waals surface area contributed by atoms with Crippen molar-refractivity contribution >= 4 is 0 Å². The predicted molar refractivity (Wildman–Crippen MR) is 78.0 cm³/mol. The van der Waals surface area contributed by atoms with Gasteiger partial charge in [-0.2, -0.15) is 0 Å². The van der Waals surface area contributed by atoms with Gasteiger partial charge in [-0.3, -0.25) is 0 Å². The first-order valence-corrected chi connectivity index (χ1v) is 7.41. The lowest BCUT2D eigenvalue weighted by molar-refractivity contribution is -0.0376. The third-order valence-corrected chi connectivity index (χ3v) is 7.72. The fraction of sp³-hybridized carbons (Fsp3) is 1.00. The number of hydrogen-bond acceptors (Lipinski definition) is 0. The van der Waals surface area contributed by atoms with Gasteiger partial charge in [-0.25, -0.2) is 0 Å². The first-order chi connectivity index (χ1) is 7.41. The molecule has 1 aliphatic carbocycles. The summed E-state index contributed by atoms with van der Waals surface area (Å²) in [6, 6.07) is 0. The highest BCUT2D eigenvalue weighted by Gasteiger charge is 2.61. The van der Waals surface area contributed by atoms with Crippen molar-refractivity contribution in [2.24, 2.45) is 39.9 Å². The van der Waals surface area contributed by atoms with E-state index in [0.717, 1.165) is 23.7 Å². The molecule has 1 rings (SSSR count). The van der Waals surface area contributed by atoms with Crippen LogP contribution < -0.4 is 0 Å². The summed E-state index contributed by atoms with van der Waals surface area (Å²) in [6.45, 7) is 24.7. The SMILES string of the molecule is CC1C(C)C(C)(C(C)(C)C(C)C)C(C)C1(C)C. The Kier molecular flexibility index (Phi) is 3.54. The molecule has 0 nitrogen and oxygen atoms in total. The Hall–Kier alpha value is 0. The zero-order valence-corrected chi connectivity index (χ0v) is 13.8. The lowest BCUT2D eigenvalue weighted by Gasteiger charge is -2.52. The molecule has 0 aromatic heterocycles. The first kappa shape index (κ1) is 15.1. The van der Waals surface area contributed by atoms with Crippen LogP contribution in [-0.4, -0.2) is 0 Å². The van der Waals surface area contributed by atoms with Crippen LogP contribution in [0.15, 0.2) is 0 Å². The Morgan fingerprint density at radius 1 is 0.882 bits per heavy atom. The molecular formula is C17H34. The summed E-state index contributed by atoms with van der Waals surface area (Å²) in [4.78, 5) is 0. The Labute approximate surface area is 110 Å². The van der Waals surface area contributed by atoms with Gasteiger partial charge >= 0.3 is 0 Å². The zero-order chi connectivity index (χ0) is 13.8. The number of rotatable bonds is 2. The molecule has 1 aliphatic rings. The fourth-order valence-corrected chi connectivity index (χ4v) is 4.49. The van der Waals surface area contributed by atoms with E-state index in [-0.39, 0.29) is 0 Å². The van der Waals surface area contributed by atoms with Crippen molar-refractivity contribution in [1.29, 1.82) is 0 Å². The van der Waals surface area contributed by atoms with Gasteiger partial charge in [-0.05, 0) is 39.9 Å². The molecule has 4 atom stereocenters. The summed E-state index contributed by atoms with van der Waals surface area (Å²) in [5, 5.41) is 0. The quantitative estimate of drug-likeness (QED) is 0.585. The lowest BCUT2D eigenvalue weighted by atomic mass is 9.53. The molecular weight excluding hydrogens is 204 g/mol. The first-order valence-electron chi connectivity index (χ1n) is 7.41. The molecule has 0 N–H and O–H groups in total. The molecule has 0 bridgehead atoms. The van der Waals surface area contributed by atoms with Crippen molar-refractivity contribution < 1.29 is 0 Å². The summed E-state index contributed by atoms with van der Waals surface area (Å²) in [5.41, 5.74) is 1.29. The maximum atomic E-state index is 2.55. The summed E-state index contributed by atoms with van der Waals surface area (Å²) in [6.07, 6.45) is 0. The van der Waals surface area contributed by atoms with Crippen LogP contribution in [-0.2, 0) is 0 Å². The molecule has 0 amide bonds. The molecule has 0 spiro atoms. The largest absolute Gasteiger partial charge is 0.0622 e. The summed E-state index contributed by atoms with van der Waals surface area (Å²) >= 11 is 0. The van der Waals surface area contributed by atoms with Gasteiger partial charge in [0, 0.05) is 0 Å². The van der Waals surface area contributed by atoms with Crippen LogP contribution in [0.25, 0.3) is 0 Å². The molecule has 1 fully saturated rings. The predicted octanol–water partition coefficient (Wildman–Crippen LogP) is 5.62. The molecule has 0 heterocycles. The monoisotopic (exact) mass is 238 g/mol. The highest BCUT2D eigenvalue weighted by Crippen LogP contribution is 2.67. The molecule has 4 unspecified atom stereocenters. The van der Waals surface area contributed by atoms with Gasteiger partial charge in [0.05, 0.1) is 0 Å². The van der Waals surface area contributed by atoms with E-state index in [9.17, 15) is 0 Å². The van der Waals surface area contributed by atoms with Gasteiger partial charge in [0.2, 0.25) is 0 Å². The van der Waals surface area contributed by atoms with Crippen LogP contribution in [0, 0.1) is 39.9 Å². The highest BCUT2D eigenvalue weighted by molar-refractivity contribution is 5.09. The van der Waals surface area contributed by atoms with Crippen LogP contribution in [0.5, 0.6) is 0 Å². The van der Waals surface area contributed by atoms with E-state index in [1.54, 1.807) is 0 Å². The molecule has 102 valence electrons. The average Bonchev–Trinajstić information content (AvgIpc) is 2.33. The molecule has 1 saturated carbocycles. The van der Waals surface area contributed by atoms with E-state index < -0.39 is 0 Å². The Morgan fingerprint density at radius 3 is 1.53 bits per heavy atom. The number of hydrogen-bond donors (Lipinski definition) is 0. The molecule has 0 radical (unpaired) electrons. The third-order valence-electron chi connectivity index (χ3n) is 7.72. The van der Waals surface area contributed by atoms with Crippen molar-refractivity contribution in [2.45, 2.75) is 69.2 Å². The van der Waals surface area contributed by atoms with Crippen molar-refractivity contribution in [2.75, 3.05) is 0 Å². The van der Waals surface area contributed by atoms with E-state index in [0.29, 0.717) is 16.2 Å². The van der Waals surface area contributed by atoms with Gasteiger partial charge in [0.15, 0.2) is 0 Å². The topological polar surface area (TPSA) is 0 Å². The standard InChI is InChI=1S/C17H34/c1-11(2)16(8,9)17(10)13(4)12(3)15(6,7)14(17)5/h11-14H,1-10H3. The third kappa shape index (κ3) is 1.70. The highest BCUT2D eigenvalue weighted by atomic mass is 14.7. The van der Waals surface area contributed by atoms with Crippen molar-refractivity contribution in [3.8, 4) is 0 Å². The minimum absolute atomic E-state index is 0.397. The van der Waals surface area contributed by atoms with Crippen LogP contribution in [0.3, 0.4) is 0 Å². The smallest absolute Gasteiger partial charge is 0.0213 e. The van der Waals surface area contributed by atoms with E-state index in [4.69, 9.17) is 0 Å². The van der Waals surface area contributed by atoms with Crippen molar-refractivity contribution in [3.05, 3.63) is 0 Å². The second-order valence-corrected chi connectivity index (χ2v) is 8.28. The zero-order valence-electron chi connectivity index (χ0n) is 13.8. The van der Waals surface area contributed by atoms with E-state index >= 15 is 0 Å². The summed E-state index contributed by atoms with van der Waals surface area (Å²) in [5.74, 6) is 3.11. The van der Waals surface area contributed by atoms with Gasteiger partial charge in [0.25, 0.3) is 0 Å². The summed E-state index contributed by atoms with van der Waals surface area (Å²) in [7, 11) is 0. The van der Waals surface area contributed by atoms with Crippen LogP contribution >= 0.6 is 0 Å². The van der Waals surface area contributed by atoms with E-state index in [2.05, 4.69) is 69.2 Å². The maximum Gasteiger partial charge on any atom is -0.0213 e.